The predicted octanol–water partition coefficient (Wildman–Crippen LogP) is 3.95. The second kappa shape index (κ2) is 6.14. The Balaban J connectivity index is 1.47. The van der Waals surface area contributed by atoms with Gasteiger partial charge < -0.3 is 10.1 Å². The van der Waals surface area contributed by atoms with E-state index in [1.165, 1.54) is 31.8 Å². The van der Waals surface area contributed by atoms with Crippen molar-refractivity contribution < 1.29 is 9.66 Å². The lowest BCUT2D eigenvalue weighted by atomic mass is 9.53. The predicted molar refractivity (Wildman–Crippen MR) is 97.5 cm³/mol. The average Bonchev–Trinajstić information content (AvgIpc) is 2.61. The van der Waals surface area contributed by atoms with Crippen LogP contribution in [0, 0.1) is 27.9 Å². The van der Waals surface area contributed by atoms with Crippen molar-refractivity contribution in [1.82, 2.24) is 15.0 Å². The van der Waals surface area contributed by atoms with Crippen molar-refractivity contribution in [2.45, 2.75) is 44.1 Å². The number of nitrogens with one attached hydrogen (secondary N) is 1. The van der Waals surface area contributed by atoms with Gasteiger partial charge in [0.05, 0.1) is 11.1 Å². The molecule has 2 aromatic rings. The monoisotopic (exact) mass is 367 g/mol. The molecule has 0 radical (unpaired) electrons. The molecule has 2 heterocycles. The van der Waals surface area contributed by atoms with Gasteiger partial charge in [0.25, 0.3) is 0 Å². The van der Waals surface area contributed by atoms with Gasteiger partial charge in [-0.3, -0.25) is 15.1 Å². The molecule has 0 amide bonds. The smallest absolute Gasteiger partial charge is 0.373 e. The number of ether oxygens (including phenoxy) is 1. The molecule has 4 aliphatic carbocycles. The number of rotatable bonds is 5. The van der Waals surface area contributed by atoms with E-state index in [-0.39, 0.29) is 22.9 Å². The molecule has 1 N–H and O–H groups in total. The standard InChI is InChI=1S/C19H21N5O3/c25-24(26)16-17(21-11-22-18(16)27-15-2-1-3-20-10-15)23-19-7-12-4-13(8-19)6-14(5-12)9-19/h1-3,10-14H,4-9H2,(H,21,22,23). The van der Waals surface area contributed by atoms with Crippen LogP contribution in [0.25, 0.3) is 0 Å². The zero-order chi connectivity index (χ0) is 18.4. The SMILES string of the molecule is O=[N+]([O-])c1c(NC23CC4CC(CC(C4)C2)C3)ncnc1Oc1cccnc1. The summed E-state index contributed by atoms with van der Waals surface area (Å²) in [5.41, 5.74) is -0.295. The number of pyridine rings is 1. The summed E-state index contributed by atoms with van der Waals surface area (Å²) in [6.45, 7) is 0. The maximum Gasteiger partial charge on any atom is 0.373 e. The van der Waals surface area contributed by atoms with E-state index in [1.807, 2.05) is 0 Å². The Morgan fingerprint density at radius 3 is 2.44 bits per heavy atom. The summed E-state index contributed by atoms with van der Waals surface area (Å²) >= 11 is 0. The highest BCUT2D eigenvalue weighted by atomic mass is 16.6. The van der Waals surface area contributed by atoms with Crippen molar-refractivity contribution in [2.75, 3.05) is 5.32 Å². The molecule has 4 aliphatic rings. The van der Waals surface area contributed by atoms with E-state index in [9.17, 15) is 10.1 Å². The van der Waals surface area contributed by atoms with Crippen molar-refractivity contribution >= 4 is 11.5 Å². The minimum Gasteiger partial charge on any atom is -0.432 e. The average molecular weight is 367 g/mol. The zero-order valence-electron chi connectivity index (χ0n) is 14.9. The zero-order valence-corrected chi connectivity index (χ0v) is 14.9. The quantitative estimate of drug-likeness (QED) is 0.630. The van der Waals surface area contributed by atoms with Crippen LogP contribution in [-0.4, -0.2) is 25.4 Å². The Bertz CT molecular complexity index is 838. The molecular formula is C19H21N5O3. The number of hydrogen-bond donors (Lipinski definition) is 1. The summed E-state index contributed by atoms with van der Waals surface area (Å²) in [5.74, 6) is 2.80. The molecule has 0 saturated heterocycles. The van der Waals surface area contributed by atoms with Crippen molar-refractivity contribution in [3.63, 3.8) is 0 Å². The van der Waals surface area contributed by atoms with Crippen LogP contribution in [0.5, 0.6) is 11.6 Å². The van der Waals surface area contributed by atoms with Gasteiger partial charge in [-0.05, 0) is 68.4 Å². The third-order valence-corrected chi connectivity index (χ3v) is 6.24. The third-order valence-electron chi connectivity index (χ3n) is 6.24. The van der Waals surface area contributed by atoms with Crippen LogP contribution in [0.3, 0.4) is 0 Å². The maximum absolute atomic E-state index is 11.8. The molecular weight excluding hydrogens is 346 g/mol. The van der Waals surface area contributed by atoms with Crippen LogP contribution in [0.2, 0.25) is 0 Å². The van der Waals surface area contributed by atoms with Gasteiger partial charge in [-0.25, -0.2) is 4.98 Å². The molecule has 0 spiro atoms. The van der Waals surface area contributed by atoms with Gasteiger partial charge in [-0.1, -0.05) is 0 Å². The fourth-order valence-electron chi connectivity index (χ4n) is 5.73. The van der Waals surface area contributed by atoms with Gasteiger partial charge in [-0.15, -0.1) is 0 Å². The van der Waals surface area contributed by atoms with Crippen molar-refractivity contribution in [2.24, 2.45) is 17.8 Å². The normalized spacial score (nSPS) is 30.9. The molecule has 2 aromatic heterocycles. The molecule has 4 bridgehead atoms. The lowest BCUT2D eigenvalue weighted by Gasteiger charge is -2.57. The van der Waals surface area contributed by atoms with Crippen molar-refractivity contribution in [1.29, 1.82) is 0 Å². The Hall–Kier alpha value is -2.77. The molecule has 8 heteroatoms. The van der Waals surface area contributed by atoms with Gasteiger partial charge in [0.1, 0.15) is 12.1 Å². The Morgan fingerprint density at radius 2 is 1.85 bits per heavy atom. The fraction of sp³-hybridized carbons (Fsp3) is 0.526. The van der Waals surface area contributed by atoms with Crippen molar-refractivity contribution in [3.05, 3.63) is 41.0 Å². The van der Waals surface area contributed by atoms with Crippen LogP contribution >= 0.6 is 0 Å². The second-order valence-corrected chi connectivity index (χ2v) is 8.25. The van der Waals surface area contributed by atoms with Crippen LogP contribution in [0.4, 0.5) is 11.5 Å². The molecule has 6 rings (SSSR count). The van der Waals surface area contributed by atoms with E-state index in [1.54, 1.807) is 18.3 Å². The first-order valence-electron chi connectivity index (χ1n) is 9.46. The number of hydrogen-bond acceptors (Lipinski definition) is 7. The number of anilines is 1. The first-order valence-corrected chi connectivity index (χ1v) is 9.46. The molecule has 0 atom stereocenters. The highest BCUT2D eigenvalue weighted by Gasteiger charge is 2.51. The summed E-state index contributed by atoms with van der Waals surface area (Å²) in [4.78, 5) is 23.5. The van der Waals surface area contributed by atoms with E-state index in [4.69, 9.17) is 4.74 Å². The van der Waals surface area contributed by atoms with Crippen LogP contribution < -0.4 is 10.1 Å². The van der Waals surface area contributed by atoms with E-state index in [0.717, 1.165) is 37.0 Å². The molecule has 0 unspecified atom stereocenters. The maximum atomic E-state index is 11.8. The summed E-state index contributed by atoms with van der Waals surface area (Å²) in [7, 11) is 0. The Morgan fingerprint density at radius 1 is 1.15 bits per heavy atom. The third kappa shape index (κ3) is 2.98. The Labute approximate surface area is 156 Å². The van der Waals surface area contributed by atoms with Crippen LogP contribution in [0.1, 0.15) is 38.5 Å². The number of aromatic nitrogens is 3. The van der Waals surface area contributed by atoms with Crippen molar-refractivity contribution in [3.8, 4) is 11.6 Å². The second-order valence-electron chi connectivity index (χ2n) is 8.25. The number of nitrogens with zero attached hydrogens (tertiary/aromatic N) is 4. The first kappa shape index (κ1) is 16.4. The summed E-state index contributed by atoms with van der Waals surface area (Å²) in [5, 5.41) is 15.3. The lowest BCUT2D eigenvalue weighted by molar-refractivity contribution is -0.385. The molecule has 0 aliphatic heterocycles. The van der Waals surface area contributed by atoms with E-state index in [2.05, 4.69) is 20.3 Å². The van der Waals surface area contributed by atoms with Gasteiger partial charge in [0.15, 0.2) is 0 Å². The van der Waals surface area contributed by atoms with Gasteiger partial charge in [-0.2, -0.15) is 4.98 Å². The highest BCUT2D eigenvalue weighted by molar-refractivity contribution is 5.63. The van der Waals surface area contributed by atoms with E-state index < -0.39 is 4.92 Å². The number of nitro groups is 1. The lowest BCUT2D eigenvalue weighted by Crippen LogP contribution is -2.55. The fourth-order valence-corrected chi connectivity index (χ4v) is 5.73. The van der Waals surface area contributed by atoms with Gasteiger partial charge in [0.2, 0.25) is 5.82 Å². The molecule has 140 valence electrons. The molecule has 4 saturated carbocycles. The minimum absolute atomic E-state index is 0.0600. The Kier molecular flexibility index (Phi) is 3.73. The van der Waals surface area contributed by atoms with Crippen LogP contribution in [-0.2, 0) is 0 Å². The van der Waals surface area contributed by atoms with E-state index in [0.29, 0.717) is 5.75 Å². The topological polar surface area (TPSA) is 103 Å². The summed E-state index contributed by atoms with van der Waals surface area (Å²) < 4.78 is 5.64. The first-order chi connectivity index (χ1) is 13.1. The summed E-state index contributed by atoms with van der Waals surface area (Å²) in [6.07, 6.45) is 11.6. The van der Waals surface area contributed by atoms with Crippen LogP contribution in [0.15, 0.2) is 30.9 Å². The molecule has 0 aromatic carbocycles. The van der Waals surface area contributed by atoms with E-state index >= 15 is 0 Å². The minimum atomic E-state index is -0.464. The molecule has 27 heavy (non-hydrogen) atoms. The largest absolute Gasteiger partial charge is 0.432 e. The summed E-state index contributed by atoms with van der Waals surface area (Å²) in [6, 6.07) is 3.39. The van der Waals surface area contributed by atoms with Gasteiger partial charge in [0, 0.05) is 11.7 Å². The molecule has 4 fully saturated rings. The highest BCUT2D eigenvalue weighted by Crippen LogP contribution is 2.57. The molecule has 8 nitrogen and oxygen atoms in total. The van der Waals surface area contributed by atoms with Gasteiger partial charge >= 0.3 is 11.6 Å².